The fraction of sp³-hybridized carbons (Fsp3) is 0.889. The molecule has 1 N–H and O–H groups in total. The third-order valence-corrected chi connectivity index (χ3v) is 3.10. The van der Waals surface area contributed by atoms with Crippen molar-refractivity contribution < 1.29 is 13.7 Å². The van der Waals surface area contributed by atoms with Crippen molar-refractivity contribution >= 4 is 16.9 Å². The molecule has 0 aromatic rings. The average Bonchev–Trinajstić information content (AvgIpc) is 2.02. The lowest BCUT2D eigenvalue weighted by Crippen LogP contribution is -2.29. The molecule has 0 aliphatic carbocycles. The SMILES string of the molecule is CC(C)OC(=O)NCCC(C)S(C)=O. The Kier molecular flexibility index (Phi) is 6.53. The van der Waals surface area contributed by atoms with Gasteiger partial charge in [0.2, 0.25) is 0 Å². The maximum Gasteiger partial charge on any atom is 0.407 e. The van der Waals surface area contributed by atoms with E-state index >= 15 is 0 Å². The summed E-state index contributed by atoms with van der Waals surface area (Å²) in [4.78, 5) is 11.0. The Balaban J connectivity index is 3.54. The molecule has 84 valence electrons. The van der Waals surface area contributed by atoms with Crippen LogP contribution < -0.4 is 5.32 Å². The third kappa shape index (κ3) is 6.88. The fourth-order valence-electron chi connectivity index (χ4n) is 0.799. The van der Waals surface area contributed by atoms with Crippen molar-refractivity contribution in [2.75, 3.05) is 12.8 Å². The molecule has 0 aromatic heterocycles. The summed E-state index contributed by atoms with van der Waals surface area (Å²) in [6, 6.07) is 0. The Hall–Kier alpha value is -0.580. The number of rotatable bonds is 5. The van der Waals surface area contributed by atoms with E-state index in [1.165, 1.54) is 0 Å². The zero-order chi connectivity index (χ0) is 11.1. The minimum Gasteiger partial charge on any atom is -0.447 e. The molecular formula is C9H19NO3S. The quantitative estimate of drug-likeness (QED) is 0.761. The first kappa shape index (κ1) is 13.4. The van der Waals surface area contributed by atoms with Gasteiger partial charge in [-0.05, 0) is 20.3 Å². The monoisotopic (exact) mass is 221 g/mol. The van der Waals surface area contributed by atoms with Crippen molar-refractivity contribution in [3.05, 3.63) is 0 Å². The van der Waals surface area contributed by atoms with Crippen LogP contribution in [0.4, 0.5) is 4.79 Å². The molecule has 1 amide bonds. The van der Waals surface area contributed by atoms with Crippen LogP contribution in [0.2, 0.25) is 0 Å². The van der Waals surface area contributed by atoms with E-state index in [1.54, 1.807) is 20.1 Å². The highest BCUT2D eigenvalue weighted by Crippen LogP contribution is 1.97. The summed E-state index contributed by atoms with van der Waals surface area (Å²) in [5.41, 5.74) is 0. The Morgan fingerprint density at radius 1 is 1.43 bits per heavy atom. The second-order valence-corrected chi connectivity index (χ2v) is 5.28. The smallest absolute Gasteiger partial charge is 0.407 e. The van der Waals surface area contributed by atoms with Crippen molar-refractivity contribution in [3.63, 3.8) is 0 Å². The Morgan fingerprint density at radius 3 is 2.43 bits per heavy atom. The summed E-state index contributed by atoms with van der Waals surface area (Å²) in [7, 11) is -0.828. The van der Waals surface area contributed by atoms with Crippen LogP contribution in [0.15, 0.2) is 0 Å². The molecule has 0 spiro atoms. The number of alkyl carbamates (subject to hydrolysis) is 1. The molecule has 0 bridgehead atoms. The number of carbonyl (C=O) groups excluding carboxylic acids is 1. The predicted octanol–water partition coefficient (Wildman–Crippen LogP) is 1.28. The van der Waals surface area contributed by atoms with Crippen molar-refractivity contribution in [3.8, 4) is 0 Å². The van der Waals surface area contributed by atoms with Gasteiger partial charge >= 0.3 is 6.09 Å². The van der Waals surface area contributed by atoms with Crippen LogP contribution in [0, 0.1) is 0 Å². The molecule has 0 aliphatic heterocycles. The maximum absolute atomic E-state index is 11.0. The highest BCUT2D eigenvalue weighted by atomic mass is 32.2. The van der Waals surface area contributed by atoms with E-state index in [9.17, 15) is 9.00 Å². The van der Waals surface area contributed by atoms with E-state index < -0.39 is 16.9 Å². The molecule has 0 rings (SSSR count). The molecular weight excluding hydrogens is 202 g/mol. The van der Waals surface area contributed by atoms with Gasteiger partial charge in [-0.2, -0.15) is 0 Å². The van der Waals surface area contributed by atoms with E-state index in [0.717, 1.165) is 0 Å². The molecule has 0 saturated heterocycles. The van der Waals surface area contributed by atoms with Crippen LogP contribution in [-0.4, -0.2) is 34.5 Å². The van der Waals surface area contributed by atoms with Crippen molar-refractivity contribution in [2.24, 2.45) is 0 Å². The van der Waals surface area contributed by atoms with Crippen molar-refractivity contribution in [2.45, 2.75) is 38.5 Å². The van der Waals surface area contributed by atoms with Gasteiger partial charge in [0.25, 0.3) is 0 Å². The first-order chi connectivity index (χ1) is 6.43. The van der Waals surface area contributed by atoms with Gasteiger partial charge in [0, 0.05) is 28.9 Å². The van der Waals surface area contributed by atoms with Gasteiger partial charge < -0.3 is 10.1 Å². The second kappa shape index (κ2) is 6.81. The molecule has 5 heteroatoms. The summed E-state index contributed by atoms with van der Waals surface area (Å²) in [6.07, 6.45) is 1.86. The van der Waals surface area contributed by atoms with Crippen molar-refractivity contribution in [1.29, 1.82) is 0 Å². The van der Waals surface area contributed by atoms with E-state index in [2.05, 4.69) is 5.32 Å². The molecule has 14 heavy (non-hydrogen) atoms. The molecule has 4 nitrogen and oxygen atoms in total. The number of hydrogen-bond donors (Lipinski definition) is 1. The number of hydrogen-bond acceptors (Lipinski definition) is 3. The Morgan fingerprint density at radius 2 is 2.00 bits per heavy atom. The van der Waals surface area contributed by atoms with Crippen LogP contribution in [0.1, 0.15) is 27.2 Å². The highest BCUT2D eigenvalue weighted by molar-refractivity contribution is 7.84. The largest absolute Gasteiger partial charge is 0.447 e. The van der Waals surface area contributed by atoms with E-state index in [4.69, 9.17) is 4.74 Å². The average molecular weight is 221 g/mol. The first-order valence-corrected chi connectivity index (χ1v) is 6.32. The Bertz CT molecular complexity index is 206. The number of amides is 1. The Labute approximate surface area is 87.9 Å². The van der Waals surface area contributed by atoms with E-state index in [0.29, 0.717) is 13.0 Å². The highest BCUT2D eigenvalue weighted by Gasteiger charge is 2.08. The third-order valence-electron chi connectivity index (χ3n) is 1.73. The molecule has 0 aromatic carbocycles. The standard InChI is InChI=1S/C9H19NO3S/c1-7(2)13-9(11)10-6-5-8(3)14(4)12/h7-8H,5-6H2,1-4H3,(H,10,11). The van der Waals surface area contributed by atoms with Crippen LogP contribution in [-0.2, 0) is 15.5 Å². The molecule has 2 unspecified atom stereocenters. The first-order valence-electron chi connectivity index (χ1n) is 4.70. The van der Waals surface area contributed by atoms with Crippen molar-refractivity contribution in [1.82, 2.24) is 5.32 Å². The van der Waals surface area contributed by atoms with Crippen LogP contribution in [0.5, 0.6) is 0 Å². The zero-order valence-electron chi connectivity index (χ0n) is 9.20. The van der Waals surface area contributed by atoms with Crippen LogP contribution in [0.25, 0.3) is 0 Å². The minimum absolute atomic E-state index is 0.104. The molecule has 0 radical (unpaired) electrons. The molecule has 0 fully saturated rings. The number of ether oxygens (including phenoxy) is 1. The lowest BCUT2D eigenvalue weighted by Gasteiger charge is -2.11. The van der Waals surface area contributed by atoms with Gasteiger partial charge in [-0.15, -0.1) is 0 Å². The van der Waals surface area contributed by atoms with Gasteiger partial charge in [-0.25, -0.2) is 4.79 Å². The van der Waals surface area contributed by atoms with Crippen LogP contribution in [0.3, 0.4) is 0 Å². The predicted molar refractivity (Wildman–Crippen MR) is 57.8 cm³/mol. The fourth-order valence-corrected chi connectivity index (χ4v) is 1.25. The molecule has 2 atom stereocenters. The van der Waals surface area contributed by atoms with Gasteiger partial charge in [0.15, 0.2) is 0 Å². The summed E-state index contributed by atoms with van der Waals surface area (Å²) in [5.74, 6) is 0. The minimum atomic E-state index is -0.828. The van der Waals surface area contributed by atoms with Gasteiger partial charge in [0.1, 0.15) is 0 Å². The van der Waals surface area contributed by atoms with Gasteiger partial charge in [-0.3, -0.25) is 4.21 Å². The van der Waals surface area contributed by atoms with Crippen LogP contribution >= 0.6 is 0 Å². The van der Waals surface area contributed by atoms with E-state index in [-0.39, 0.29) is 11.4 Å². The summed E-state index contributed by atoms with van der Waals surface area (Å²) in [6.45, 7) is 5.99. The van der Waals surface area contributed by atoms with Gasteiger partial charge in [0.05, 0.1) is 6.10 Å². The molecule has 0 heterocycles. The summed E-state index contributed by atoms with van der Waals surface area (Å²) in [5, 5.41) is 2.71. The number of nitrogens with one attached hydrogen (secondary N) is 1. The normalized spacial score (nSPS) is 14.9. The zero-order valence-corrected chi connectivity index (χ0v) is 10.0. The van der Waals surface area contributed by atoms with E-state index in [1.807, 2.05) is 6.92 Å². The number of carbonyl (C=O) groups is 1. The molecule has 0 aliphatic rings. The molecule has 0 saturated carbocycles. The second-order valence-electron chi connectivity index (χ2n) is 3.48. The lowest BCUT2D eigenvalue weighted by molar-refractivity contribution is 0.115. The van der Waals surface area contributed by atoms with Gasteiger partial charge in [-0.1, -0.05) is 6.92 Å². The summed E-state index contributed by atoms with van der Waals surface area (Å²) < 4.78 is 15.8. The maximum atomic E-state index is 11.0. The summed E-state index contributed by atoms with van der Waals surface area (Å²) >= 11 is 0. The topological polar surface area (TPSA) is 55.4 Å². The lowest BCUT2D eigenvalue weighted by atomic mass is 10.3.